The van der Waals surface area contributed by atoms with Crippen LogP contribution in [0.15, 0.2) is 41.1 Å². The number of fused-ring (bicyclic) bond motifs is 5. The van der Waals surface area contributed by atoms with E-state index in [9.17, 15) is 4.79 Å². The van der Waals surface area contributed by atoms with Gasteiger partial charge in [-0.25, -0.2) is 0 Å². The molecule has 0 fully saturated rings. The van der Waals surface area contributed by atoms with E-state index in [-0.39, 0.29) is 11.4 Å². The number of hydrogen-bond donors (Lipinski definition) is 0. The van der Waals surface area contributed by atoms with Gasteiger partial charge in [0.25, 0.3) is 5.91 Å². The maximum absolute atomic E-state index is 13.9. The summed E-state index contributed by atoms with van der Waals surface area (Å²) in [5, 5.41) is 0. The molecule has 1 aromatic carbocycles. The predicted octanol–water partition coefficient (Wildman–Crippen LogP) is 6.12. The number of aromatic nitrogens is 2. The highest BCUT2D eigenvalue weighted by Gasteiger charge is 2.36. The number of hydrogen-bond acceptors (Lipinski definition) is 3. The first-order chi connectivity index (χ1) is 15.8. The number of ether oxygens (including phenoxy) is 1. The van der Waals surface area contributed by atoms with Gasteiger partial charge in [0.1, 0.15) is 11.4 Å². The lowest BCUT2D eigenvalue weighted by atomic mass is 9.93. The molecule has 0 aliphatic carbocycles. The van der Waals surface area contributed by atoms with E-state index < -0.39 is 0 Å². The summed E-state index contributed by atoms with van der Waals surface area (Å²) in [5.41, 5.74) is 7.35. The van der Waals surface area contributed by atoms with E-state index in [0.29, 0.717) is 0 Å². The van der Waals surface area contributed by atoms with E-state index in [4.69, 9.17) is 4.74 Å². The molecule has 2 aliphatic heterocycles. The van der Waals surface area contributed by atoms with Crippen LogP contribution in [0.1, 0.15) is 55.2 Å². The van der Waals surface area contributed by atoms with Gasteiger partial charge in [0.15, 0.2) is 0 Å². The second-order valence-corrected chi connectivity index (χ2v) is 10.7. The number of nitrogens with zero attached hydrogens (tertiary/aromatic N) is 3. The van der Waals surface area contributed by atoms with Crippen molar-refractivity contribution in [1.82, 2.24) is 14.5 Å². The second kappa shape index (κ2) is 8.32. The zero-order chi connectivity index (χ0) is 23.3. The van der Waals surface area contributed by atoms with Crippen LogP contribution in [0.2, 0.25) is 0 Å². The van der Waals surface area contributed by atoms with Crippen LogP contribution in [-0.2, 0) is 19.4 Å². The Hall–Kier alpha value is -2.60. The van der Waals surface area contributed by atoms with Gasteiger partial charge in [-0.3, -0.25) is 9.78 Å². The molecular weight excluding hydrogens is 478 g/mol. The molecule has 0 radical (unpaired) electrons. The molecule has 0 unspecified atom stereocenters. The average molecular weight is 508 g/mol. The van der Waals surface area contributed by atoms with Gasteiger partial charge in [-0.1, -0.05) is 6.07 Å². The number of halogens is 1. The van der Waals surface area contributed by atoms with E-state index in [0.717, 1.165) is 82.6 Å². The van der Waals surface area contributed by atoms with Gasteiger partial charge in [0.2, 0.25) is 0 Å². The monoisotopic (exact) mass is 507 g/mol. The largest absolute Gasteiger partial charge is 0.496 e. The number of carbonyl (C=O) groups excluding carboxylic acids is 1. The average Bonchev–Trinajstić information content (AvgIpc) is 3.07. The van der Waals surface area contributed by atoms with Crippen molar-refractivity contribution in [3.05, 3.63) is 58.0 Å². The lowest BCUT2D eigenvalue weighted by Crippen LogP contribution is -2.47. The van der Waals surface area contributed by atoms with Gasteiger partial charge >= 0.3 is 0 Å². The number of carbonyl (C=O) groups is 1. The summed E-state index contributed by atoms with van der Waals surface area (Å²) in [6.45, 7) is 7.98. The Balaban J connectivity index is 1.73. The number of benzene rings is 1. The Kier molecular flexibility index (Phi) is 5.60. The fraction of sp³-hybridized carbons (Fsp3) is 0.407. The molecule has 0 saturated heterocycles. The standard InChI is InChI=1S/C27H30BrN3O2/c1-27(2,3)31-12-6-5-9-19-23(28)24-21-15-20(18-8-7-11-29-16-18)22(33-4)14-17(21)10-13-30(24)25(19)26(31)32/h7-8,11,14-16H,5-6,9-10,12-13H2,1-4H3. The Morgan fingerprint density at radius 1 is 1.06 bits per heavy atom. The van der Waals surface area contributed by atoms with E-state index >= 15 is 0 Å². The molecule has 0 bridgehead atoms. The van der Waals surface area contributed by atoms with E-state index in [2.05, 4.69) is 69.4 Å². The molecule has 2 aliphatic rings. The Labute approximate surface area is 203 Å². The summed E-state index contributed by atoms with van der Waals surface area (Å²) in [5.74, 6) is 1.000. The van der Waals surface area contributed by atoms with Crippen LogP contribution in [0.25, 0.3) is 22.4 Å². The summed E-state index contributed by atoms with van der Waals surface area (Å²) in [4.78, 5) is 20.2. The molecule has 0 spiro atoms. The van der Waals surface area contributed by atoms with Gasteiger partial charge in [-0.15, -0.1) is 0 Å². The van der Waals surface area contributed by atoms with Crippen LogP contribution < -0.4 is 4.74 Å². The van der Waals surface area contributed by atoms with Crippen LogP contribution >= 0.6 is 15.9 Å². The van der Waals surface area contributed by atoms with Crippen molar-refractivity contribution < 1.29 is 9.53 Å². The third kappa shape index (κ3) is 3.68. The van der Waals surface area contributed by atoms with Crippen LogP contribution in [-0.4, -0.2) is 39.6 Å². The summed E-state index contributed by atoms with van der Waals surface area (Å²) in [6.07, 6.45) is 7.52. The molecule has 3 aromatic rings. The smallest absolute Gasteiger partial charge is 0.271 e. The minimum atomic E-state index is -0.212. The third-order valence-electron chi connectivity index (χ3n) is 6.87. The molecule has 0 atom stereocenters. The maximum Gasteiger partial charge on any atom is 0.271 e. The minimum absolute atomic E-state index is 0.147. The summed E-state index contributed by atoms with van der Waals surface area (Å²) in [7, 11) is 1.72. The number of amides is 1. The quantitative estimate of drug-likeness (QED) is 0.419. The molecular formula is C27H30BrN3O2. The normalized spacial score (nSPS) is 15.9. The van der Waals surface area contributed by atoms with E-state index in [1.807, 2.05) is 12.3 Å². The zero-order valence-electron chi connectivity index (χ0n) is 19.7. The maximum atomic E-state index is 13.9. The van der Waals surface area contributed by atoms with Gasteiger partial charge < -0.3 is 14.2 Å². The van der Waals surface area contributed by atoms with Crippen molar-refractivity contribution in [2.45, 2.75) is 58.5 Å². The molecule has 6 heteroatoms. The first-order valence-electron chi connectivity index (χ1n) is 11.7. The number of aryl methyl sites for hydroxylation is 1. The molecule has 33 heavy (non-hydrogen) atoms. The number of methoxy groups -OCH3 is 1. The van der Waals surface area contributed by atoms with Crippen molar-refractivity contribution in [1.29, 1.82) is 0 Å². The SMILES string of the molecule is COc1cc2c(cc1-c1cccnc1)-c1c(Br)c3c(n1CC2)C(=O)N(C(C)(C)C)CCCC3. The Bertz CT molecular complexity index is 1220. The van der Waals surface area contributed by atoms with Crippen molar-refractivity contribution in [2.75, 3.05) is 13.7 Å². The molecule has 0 N–H and O–H groups in total. The summed E-state index contributed by atoms with van der Waals surface area (Å²) < 4.78 is 9.08. The molecule has 172 valence electrons. The van der Waals surface area contributed by atoms with E-state index in [1.54, 1.807) is 13.3 Å². The van der Waals surface area contributed by atoms with Crippen LogP contribution in [0.4, 0.5) is 0 Å². The molecule has 0 saturated carbocycles. The van der Waals surface area contributed by atoms with Gasteiger partial charge in [0, 0.05) is 52.2 Å². The highest BCUT2D eigenvalue weighted by atomic mass is 79.9. The third-order valence-corrected chi connectivity index (χ3v) is 7.73. The molecule has 4 heterocycles. The molecule has 5 nitrogen and oxygen atoms in total. The lowest BCUT2D eigenvalue weighted by molar-refractivity contribution is 0.0558. The first kappa shape index (κ1) is 22.2. The Morgan fingerprint density at radius 3 is 2.58 bits per heavy atom. The van der Waals surface area contributed by atoms with E-state index in [1.165, 1.54) is 5.56 Å². The highest BCUT2D eigenvalue weighted by Crippen LogP contribution is 2.46. The minimum Gasteiger partial charge on any atom is -0.496 e. The van der Waals surface area contributed by atoms with Gasteiger partial charge in [-0.05, 0) is 91.7 Å². The van der Waals surface area contributed by atoms with Crippen LogP contribution in [0, 0.1) is 0 Å². The number of rotatable bonds is 2. The second-order valence-electron chi connectivity index (χ2n) is 9.93. The van der Waals surface area contributed by atoms with Crippen molar-refractivity contribution in [3.8, 4) is 28.1 Å². The fourth-order valence-corrected chi connectivity index (χ4v) is 6.05. The lowest BCUT2D eigenvalue weighted by Gasteiger charge is -2.37. The Morgan fingerprint density at radius 2 is 1.88 bits per heavy atom. The van der Waals surface area contributed by atoms with Crippen molar-refractivity contribution in [2.24, 2.45) is 0 Å². The van der Waals surface area contributed by atoms with Gasteiger partial charge in [-0.2, -0.15) is 0 Å². The summed E-state index contributed by atoms with van der Waals surface area (Å²) >= 11 is 3.93. The van der Waals surface area contributed by atoms with Gasteiger partial charge in [0.05, 0.1) is 12.8 Å². The van der Waals surface area contributed by atoms with Crippen molar-refractivity contribution >= 4 is 21.8 Å². The fourth-order valence-electron chi connectivity index (χ4n) is 5.24. The van der Waals surface area contributed by atoms with Crippen molar-refractivity contribution in [3.63, 3.8) is 0 Å². The first-order valence-corrected chi connectivity index (χ1v) is 12.4. The molecule has 1 amide bonds. The zero-order valence-corrected chi connectivity index (χ0v) is 21.3. The predicted molar refractivity (Wildman–Crippen MR) is 135 cm³/mol. The number of pyridine rings is 1. The highest BCUT2D eigenvalue weighted by molar-refractivity contribution is 9.10. The molecule has 2 aromatic heterocycles. The summed E-state index contributed by atoms with van der Waals surface area (Å²) in [6, 6.07) is 8.36. The molecule has 5 rings (SSSR count). The topological polar surface area (TPSA) is 47.4 Å². The van der Waals surface area contributed by atoms with Crippen LogP contribution in [0.5, 0.6) is 5.75 Å². The van der Waals surface area contributed by atoms with Crippen LogP contribution in [0.3, 0.4) is 0 Å².